The summed E-state index contributed by atoms with van der Waals surface area (Å²) in [5, 5.41) is 0. The molecule has 0 radical (unpaired) electrons. The van der Waals surface area contributed by atoms with Crippen LogP contribution in [-0.4, -0.2) is 25.1 Å². The molecule has 0 bridgehead atoms. The molecular formula is C51H23B2N3O2. The molecule has 2 aromatic carbocycles. The second-order valence-corrected chi connectivity index (χ2v) is 10.3. The van der Waals surface area contributed by atoms with Gasteiger partial charge in [0.05, 0.1) is 0 Å². The molecule has 1 heterocycles. The minimum atomic E-state index is -1.78. The Bertz CT molecular complexity index is 2940. The number of benzene rings is 2. The number of hydrogen-bond acceptors (Lipinski definition) is 4. The zero-order chi connectivity index (χ0) is 41.9. The molecule has 3 N–H and O–H groups in total. The molecule has 58 heavy (non-hydrogen) atoms. The van der Waals surface area contributed by atoms with E-state index >= 15 is 0 Å². The minimum Gasteiger partial charge on any atom is -0.639 e. The van der Waals surface area contributed by atoms with Crippen molar-refractivity contribution in [2.24, 2.45) is 10.6 Å². The van der Waals surface area contributed by atoms with E-state index in [0.29, 0.717) is 5.57 Å². The Morgan fingerprint density at radius 1 is 0.603 bits per heavy atom. The van der Waals surface area contributed by atoms with E-state index in [-0.39, 0.29) is 11.7 Å². The molecule has 0 fully saturated rings. The Balaban J connectivity index is 0.000000421. The average Bonchev–Trinajstić information content (AvgIpc) is 3.22. The Kier molecular flexibility index (Phi) is 21.0. The van der Waals surface area contributed by atoms with Crippen LogP contribution in [0.3, 0.4) is 0 Å². The summed E-state index contributed by atoms with van der Waals surface area (Å²) in [4.78, 5) is 19.0. The molecule has 0 spiro atoms. The third-order valence-corrected chi connectivity index (χ3v) is 6.48. The van der Waals surface area contributed by atoms with Crippen LogP contribution in [0.15, 0.2) is 70.9 Å². The molecule has 7 heteroatoms. The number of terminal acetylenes is 2. The fourth-order valence-electron chi connectivity index (χ4n) is 4.29. The minimum absolute atomic E-state index is 0.112. The second kappa shape index (κ2) is 27.6. The predicted molar refractivity (Wildman–Crippen MR) is 232 cm³/mol. The Morgan fingerprint density at radius 3 is 1.41 bits per heavy atom. The number of nitrogens with one attached hydrogen (secondary N) is 1. The quantitative estimate of drug-likeness (QED) is 0.345. The summed E-state index contributed by atoms with van der Waals surface area (Å²) in [6.07, 6.45) is 9.85. The molecule has 1 aliphatic heterocycles. The van der Waals surface area contributed by atoms with Crippen LogP contribution in [0.25, 0.3) is 0 Å². The Morgan fingerprint density at radius 2 is 1.00 bits per heavy atom. The molecule has 3 rings (SSSR count). The van der Waals surface area contributed by atoms with Gasteiger partial charge in [-0.25, -0.2) is 0 Å². The van der Waals surface area contributed by atoms with Crippen LogP contribution >= 0.6 is 0 Å². The maximum atomic E-state index is 11.9. The van der Waals surface area contributed by atoms with Crippen molar-refractivity contribution < 1.29 is 14.4 Å². The number of carbonyl (C=O) groups is 1. The van der Waals surface area contributed by atoms with Crippen LogP contribution in [0.2, 0.25) is 0 Å². The SMILES string of the molecule is C#CC#CC#CC#CC#CC#CC#CC#CB=NC#CC#CC#CC#CC#CC#CC#CC#C.CC(=O)C1=C(N)O[B-](c2ccccc2)(c2ccc(C)cc2)[NH+]=C1C. The van der Waals surface area contributed by atoms with E-state index in [1.165, 1.54) is 19.6 Å². The fourth-order valence-corrected chi connectivity index (χ4v) is 4.29. The van der Waals surface area contributed by atoms with Crippen LogP contribution in [0.4, 0.5) is 0 Å². The molecular weight excluding hydrogens is 708 g/mol. The number of hydrogen-bond donors (Lipinski definition) is 2. The van der Waals surface area contributed by atoms with Crippen molar-refractivity contribution in [3.8, 4) is 190 Å². The topological polar surface area (TPSA) is 78.7 Å². The van der Waals surface area contributed by atoms with Gasteiger partial charge in [0.15, 0.2) is 11.7 Å². The zero-order valence-corrected chi connectivity index (χ0v) is 31.3. The molecule has 1 aliphatic rings. The van der Waals surface area contributed by atoms with Gasteiger partial charge in [-0.1, -0.05) is 71.1 Å². The first-order chi connectivity index (χ1) is 28.4. The molecule has 0 aromatic heterocycles. The van der Waals surface area contributed by atoms with Gasteiger partial charge in [0.2, 0.25) is 0 Å². The number of allylic oxidation sites excluding steroid dienone is 1. The number of nitrogens with zero attached hydrogens (tertiary/aromatic N) is 1. The number of Topliss-reactive ketones (excluding diaryl/α,β-unsaturated/α-hetero) is 1. The first kappa shape index (κ1) is 44.2. The van der Waals surface area contributed by atoms with E-state index < -0.39 is 6.48 Å². The standard InChI is InChI=1S/C32H2BN.C19H21BN2O2/c1-3-5-7-9-11-13-15-17-19-21-23-25-27-29-31-33-34-32-30-28-26-24-22-20-18-16-14-12-10-8-6-4-2;1-13-9-11-17(12-10-13)20(16-7-5-4-6-8-16)22-14(2)18(15(3)23)19(21)24-20/h1-2H;4-12,22H,21H2,1-3H3. The van der Waals surface area contributed by atoms with E-state index in [2.05, 4.69) is 187 Å². The molecule has 0 saturated heterocycles. The summed E-state index contributed by atoms with van der Waals surface area (Å²) in [6.45, 7) is 3.61. The molecule has 0 aliphatic carbocycles. The Labute approximate surface area is 342 Å². The van der Waals surface area contributed by atoms with Crippen molar-refractivity contribution in [1.29, 1.82) is 0 Å². The van der Waals surface area contributed by atoms with Gasteiger partial charge in [0.25, 0.3) is 0 Å². The Hall–Kier alpha value is -9.99. The number of aryl methyl sites for hydroxylation is 1. The van der Waals surface area contributed by atoms with E-state index in [0.717, 1.165) is 16.6 Å². The van der Waals surface area contributed by atoms with Crippen LogP contribution in [-0.2, 0) is 9.45 Å². The van der Waals surface area contributed by atoms with Gasteiger partial charge < -0.3 is 15.3 Å². The molecule has 0 amide bonds. The average molecular weight is 731 g/mol. The molecule has 1 unspecified atom stereocenters. The smallest absolute Gasteiger partial charge is 0.639 e. The summed E-state index contributed by atoms with van der Waals surface area (Å²) in [5.41, 5.74) is 10.4. The molecule has 2 aromatic rings. The maximum absolute atomic E-state index is 11.9. The number of ketones is 1. The normalized spacial score (nSPS) is 10.9. The molecule has 1 atom stereocenters. The van der Waals surface area contributed by atoms with Crippen molar-refractivity contribution in [3.05, 3.63) is 71.6 Å². The van der Waals surface area contributed by atoms with Gasteiger partial charge in [-0.05, 0) is 55.3 Å². The summed E-state index contributed by atoms with van der Waals surface area (Å²) in [7, 11) is 1.28. The van der Waals surface area contributed by atoms with Crippen molar-refractivity contribution in [2.45, 2.75) is 20.8 Å². The van der Waals surface area contributed by atoms with Gasteiger partial charge >= 0.3 is 155 Å². The van der Waals surface area contributed by atoms with Crippen molar-refractivity contribution in [1.82, 2.24) is 0 Å². The van der Waals surface area contributed by atoms with Crippen molar-refractivity contribution >= 4 is 36.0 Å². The van der Waals surface area contributed by atoms with Crippen molar-refractivity contribution in [3.63, 3.8) is 0 Å². The third kappa shape index (κ3) is 17.5. The van der Waals surface area contributed by atoms with Gasteiger partial charge in [-0.3, -0.25) is 4.79 Å². The second-order valence-electron chi connectivity index (χ2n) is 10.3. The monoisotopic (exact) mass is 731 g/mol. The number of nitrogens with two attached hydrogens (primary N) is 1. The van der Waals surface area contributed by atoms with Gasteiger partial charge in [-0.2, -0.15) is 0 Å². The summed E-state index contributed by atoms with van der Waals surface area (Å²) >= 11 is 0. The number of rotatable bonds is 3. The first-order valence-electron chi connectivity index (χ1n) is 16.4. The first-order valence-corrected chi connectivity index (χ1v) is 16.4. The van der Waals surface area contributed by atoms with Crippen LogP contribution < -0.4 is 21.6 Å². The van der Waals surface area contributed by atoms with Crippen LogP contribution in [0.5, 0.6) is 0 Å². The van der Waals surface area contributed by atoms with Crippen molar-refractivity contribution in [2.75, 3.05) is 0 Å². The van der Waals surface area contributed by atoms with E-state index in [1.54, 1.807) is 0 Å². The fraction of sp³-hybridized carbons (Fsp3) is 0.0588. The van der Waals surface area contributed by atoms with E-state index in [1.807, 2.05) is 68.4 Å². The van der Waals surface area contributed by atoms with Crippen LogP contribution in [0, 0.1) is 197 Å². The van der Waals surface area contributed by atoms with Gasteiger partial charge in [0, 0.05) is 6.92 Å². The predicted octanol–water partition coefficient (Wildman–Crippen LogP) is -0.0144. The van der Waals surface area contributed by atoms with E-state index in [9.17, 15) is 4.79 Å². The summed E-state index contributed by atoms with van der Waals surface area (Å²) in [6, 6.07) is 20.5. The van der Waals surface area contributed by atoms with Gasteiger partial charge in [-0.15, -0.1) is 12.8 Å². The summed E-state index contributed by atoms with van der Waals surface area (Å²) in [5.74, 6) is 70.8. The summed E-state index contributed by atoms with van der Waals surface area (Å²) < 4.78 is 6.20. The molecule has 260 valence electrons. The van der Waals surface area contributed by atoms with Crippen LogP contribution in [0.1, 0.15) is 19.4 Å². The third-order valence-electron chi connectivity index (χ3n) is 6.48. The molecule has 0 saturated carbocycles. The van der Waals surface area contributed by atoms with E-state index in [4.69, 9.17) is 23.2 Å². The molecule has 5 nitrogen and oxygen atoms in total. The zero-order valence-electron chi connectivity index (χ0n) is 31.3. The van der Waals surface area contributed by atoms with Gasteiger partial charge in [0.1, 0.15) is 11.3 Å². The number of carbonyl (C=O) groups excluding carboxylic acids is 1.